The molecule has 1 aliphatic heterocycles. The van der Waals surface area contributed by atoms with Gasteiger partial charge >= 0.3 is 0 Å². The molecule has 5 heteroatoms. The molecule has 2 unspecified atom stereocenters. The normalized spacial score (nSPS) is 25.5. The number of nitrogens with zero attached hydrogens (tertiary/aromatic N) is 1. The van der Waals surface area contributed by atoms with Crippen LogP contribution in [0.2, 0.25) is 0 Å². The van der Waals surface area contributed by atoms with E-state index in [1.54, 1.807) is 11.0 Å². The van der Waals surface area contributed by atoms with Gasteiger partial charge in [-0.05, 0) is 12.8 Å². The second-order valence-corrected chi connectivity index (χ2v) is 4.38. The lowest BCUT2D eigenvalue weighted by molar-refractivity contribution is -0.149. The first-order valence-electron chi connectivity index (χ1n) is 6.01. The van der Waals surface area contributed by atoms with Gasteiger partial charge in [-0.15, -0.1) is 0 Å². The SMILES string of the molecule is CCCC1NC(=O)C(CC)N(C/C=C/Cl)C1=O. The molecule has 4 nitrogen and oxygen atoms in total. The van der Waals surface area contributed by atoms with Crippen LogP contribution in [-0.2, 0) is 9.59 Å². The maximum absolute atomic E-state index is 12.2. The van der Waals surface area contributed by atoms with E-state index in [9.17, 15) is 9.59 Å². The molecule has 1 fully saturated rings. The van der Waals surface area contributed by atoms with Crippen molar-refractivity contribution in [3.8, 4) is 0 Å². The predicted octanol–water partition coefficient (Wildman–Crippen LogP) is 1.64. The highest BCUT2D eigenvalue weighted by Crippen LogP contribution is 2.15. The number of hydrogen-bond acceptors (Lipinski definition) is 2. The summed E-state index contributed by atoms with van der Waals surface area (Å²) in [5.41, 5.74) is 1.38. The Balaban J connectivity index is 2.84. The number of carbonyl (C=O) groups is 2. The minimum Gasteiger partial charge on any atom is -0.343 e. The summed E-state index contributed by atoms with van der Waals surface area (Å²) in [6.07, 6.45) is 3.85. The van der Waals surface area contributed by atoms with E-state index in [0.29, 0.717) is 19.4 Å². The molecule has 2 atom stereocenters. The van der Waals surface area contributed by atoms with Gasteiger partial charge in [0.15, 0.2) is 0 Å². The molecule has 0 spiro atoms. The quantitative estimate of drug-likeness (QED) is 0.815. The Hall–Kier alpha value is -1.03. The molecule has 0 aliphatic carbocycles. The highest BCUT2D eigenvalue weighted by molar-refractivity contribution is 6.25. The summed E-state index contributed by atoms with van der Waals surface area (Å²) < 4.78 is 0. The Kier molecular flexibility index (Phi) is 5.48. The lowest BCUT2D eigenvalue weighted by Crippen LogP contribution is -2.63. The van der Waals surface area contributed by atoms with E-state index in [1.807, 2.05) is 13.8 Å². The standard InChI is InChI=1S/C12H19ClN2O2/c1-3-6-9-12(17)15(8-5-7-13)10(4-2)11(16)14-9/h5,7,9-10H,3-4,6,8H2,1-2H3,(H,14,16)/b7-5+. The Bertz CT molecular complexity index is 318. The highest BCUT2D eigenvalue weighted by atomic mass is 35.5. The van der Waals surface area contributed by atoms with Crippen molar-refractivity contribution >= 4 is 23.4 Å². The van der Waals surface area contributed by atoms with Crippen molar-refractivity contribution < 1.29 is 9.59 Å². The Morgan fingerprint density at radius 2 is 2.12 bits per heavy atom. The van der Waals surface area contributed by atoms with Crippen molar-refractivity contribution in [2.24, 2.45) is 0 Å². The number of rotatable bonds is 5. The lowest BCUT2D eigenvalue weighted by Gasteiger charge is -2.38. The molecule has 0 aromatic heterocycles. The highest BCUT2D eigenvalue weighted by Gasteiger charge is 2.38. The van der Waals surface area contributed by atoms with Crippen LogP contribution < -0.4 is 5.32 Å². The molecule has 1 N–H and O–H groups in total. The van der Waals surface area contributed by atoms with Crippen molar-refractivity contribution in [1.29, 1.82) is 0 Å². The number of piperazine rings is 1. The summed E-state index contributed by atoms with van der Waals surface area (Å²) in [6, 6.07) is -0.748. The third-order valence-electron chi connectivity index (χ3n) is 2.93. The van der Waals surface area contributed by atoms with Gasteiger partial charge in [-0.3, -0.25) is 9.59 Å². The van der Waals surface area contributed by atoms with Crippen LogP contribution in [0, 0.1) is 0 Å². The predicted molar refractivity (Wildman–Crippen MR) is 67.6 cm³/mol. The van der Waals surface area contributed by atoms with Crippen molar-refractivity contribution in [3.63, 3.8) is 0 Å². The minimum atomic E-state index is -0.376. The van der Waals surface area contributed by atoms with E-state index in [1.165, 1.54) is 5.54 Å². The van der Waals surface area contributed by atoms with Crippen LogP contribution in [0.15, 0.2) is 11.6 Å². The van der Waals surface area contributed by atoms with Crippen LogP contribution in [-0.4, -0.2) is 35.3 Å². The fraction of sp³-hybridized carbons (Fsp3) is 0.667. The molecule has 1 saturated heterocycles. The van der Waals surface area contributed by atoms with Gasteiger partial charge in [-0.2, -0.15) is 0 Å². The van der Waals surface area contributed by atoms with Crippen LogP contribution in [0.25, 0.3) is 0 Å². The number of nitrogens with one attached hydrogen (secondary N) is 1. The average molecular weight is 259 g/mol. The molecule has 0 aromatic rings. The van der Waals surface area contributed by atoms with Gasteiger partial charge in [0.25, 0.3) is 0 Å². The van der Waals surface area contributed by atoms with Crippen molar-refractivity contribution in [2.45, 2.75) is 45.2 Å². The number of hydrogen-bond donors (Lipinski definition) is 1. The van der Waals surface area contributed by atoms with Crippen LogP contribution in [0.5, 0.6) is 0 Å². The second-order valence-electron chi connectivity index (χ2n) is 4.13. The minimum absolute atomic E-state index is 0.00642. The van der Waals surface area contributed by atoms with E-state index in [-0.39, 0.29) is 23.9 Å². The smallest absolute Gasteiger partial charge is 0.246 e. The summed E-state index contributed by atoms with van der Waals surface area (Å²) in [4.78, 5) is 25.6. The Morgan fingerprint density at radius 1 is 1.41 bits per heavy atom. The van der Waals surface area contributed by atoms with Gasteiger partial charge in [0.2, 0.25) is 11.8 Å². The topological polar surface area (TPSA) is 49.4 Å². The molecule has 0 saturated carbocycles. The zero-order valence-corrected chi connectivity index (χ0v) is 11.0. The molecule has 2 amide bonds. The first kappa shape index (κ1) is 14.0. The maximum Gasteiger partial charge on any atom is 0.246 e. The first-order chi connectivity index (χ1) is 8.15. The molecular formula is C12H19ClN2O2. The van der Waals surface area contributed by atoms with Crippen LogP contribution in [0.3, 0.4) is 0 Å². The molecule has 0 bridgehead atoms. The zero-order valence-electron chi connectivity index (χ0n) is 10.3. The van der Waals surface area contributed by atoms with Crippen LogP contribution in [0.4, 0.5) is 0 Å². The van der Waals surface area contributed by atoms with E-state index < -0.39 is 0 Å². The number of halogens is 1. The monoisotopic (exact) mass is 258 g/mol. The van der Waals surface area contributed by atoms with Crippen LogP contribution in [0.1, 0.15) is 33.1 Å². The van der Waals surface area contributed by atoms with Gasteiger partial charge in [0.1, 0.15) is 12.1 Å². The molecule has 0 radical (unpaired) electrons. The van der Waals surface area contributed by atoms with Crippen molar-refractivity contribution in [1.82, 2.24) is 10.2 Å². The molecule has 17 heavy (non-hydrogen) atoms. The molecule has 1 aliphatic rings. The van der Waals surface area contributed by atoms with E-state index in [4.69, 9.17) is 11.6 Å². The third-order valence-corrected chi connectivity index (χ3v) is 3.11. The Labute approximate surface area is 107 Å². The summed E-state index contributed by atoms with van der Waals surface area (Å²) in [7, 11) is 0. The largest absolute Gasteiger partial charge is 0.343 e. The fourth-order valence-electron chi connectivity index (χ4n) is 2.09. The molecule has 96 valence electrons. The zero-order chi connectivity index (χ0) is 12.8. The summed E-state index contributed by atoms with van der Waals surface area (Å²) in [5, 5.41) is 2.79. The van der Waals surface area contributed by atoms with Gasteiger partial charge in [-0.25, -0.2) is 0 Å². The Morgan fingerprint density at radius 3 is 2.65 bits per heavy atom. The molecule has 1 heterocycles. The van der Waals surface area contributed by atoms with Crippen LogP contribution >= 0.6 is 11.6 Å². The molecular weight excluding hydrogens is 240 g/mol. The van der Waals surface area contributed by atoms with Gasteiger partial charge in [-0.1, -0.05) is 37.9 Å². The third kappa shape index (κ3) is 3.22. The number of carbonyl (C=O) groups excluding carboxylic acids is 2. The van der Waals surface area contributed by atoms with Gasteiger partial charge in [0.05, 0.1) is 0 Å². The molecule has 0 aromatic carbocycles. The van der Waals surface area contributed by atoms with Crippen molar-refractivity contribution in [3.05, 3.63) is 11.6 Å². The average Bonchev–Trinajstić information content (AvgIpc) is 2.31. The maximum atomic E-state index is 12.2. The summed E-state index contributed by atoms with van der Waals surface area (Å²) in [6.45, 7) is 4.29. The van der Waals surface area contributed by atoms with Crippen molar-refractivity contribution in [2.75, 3.05) is 6.54 Å². The first-order valence-corrected chi connectivity index (χ1v) is 6.45. The van der Waals surface area contributed by atoms with Gasteiger partial charge in [0, 0.05) is 12.1 Å². The van der Waals surface area contributed by atoms with E-state index >= 15 is 0 Å². The van der Waals surface area contributed by atoms with E-state index in [2.05, 4.69) is 5.32 Å². The summed E-state index contributed by atoms with van der Waals surface area (Å²) >= 11 is 5.47. The fourth-order valence-corrected chi connectivity index (χ4v) is 2.17. The summed E-state index contributed by atoms with van der Waals surface area (Å²) in [5.74, 6) is -0.0680. The number of amides is 2. The van der Waals surface area contributed by atoms with Gasteiger partial charge < -0.3 is 10.2 Å². The lowest BCUT2D eigenvalue weighted by atomic mass is 10.0. The van der Waals surface area contributed by atoms with E-state index in [0.717, 1.165) is 6.42 Å². The molecule has 1 rings (SSSR count). The second kappa shape index (κ2) is 6.64.